The summed E-state index contributed by atoms with van der Waals surface area (Å²) in [5.74, 6) is 0.793. The van der Waals surface area contributed by atoms with E-state index in [-0.39, 0.29) is 23.7 Å². The molecule has 0 aliphatic rings. The van der Waals surface area contributed by atoms with Gasteiger partial charge in [0.15, 0.2) is 5.82 Å². The minimum Gasteiger partial charge on any atom is -0.396 e. The summed E-state index contributed by atoms with van der Waals surface area (Å²) in [6, 6.07) is 6.07. The molecule has 0 bridgehead atoms. The molecule has 0 amide bonds. The van der Waals surface area contributed by atoms with Crippen LogP contribution in [0.25, 0.3) is 10.9 Å². The van der Waals surface area contributed by atoms with E-state index in [9.17, 15) is 9.90 Å². The van der Waals surface area contributed by atoms with Gasteiger partial charge in [-0.3, -0.25) is 9.69 Å². The van der Waals surface area contributed by atoms with Crippen LogP contribution in [0.15, 0.2) is 23.0 Å². The summed E-state index contributed by atoms with van der Waals surface area (Å²) in [6.07, 6.45) is 2.41. The molecule has 0 spiro atoms. The lowest BCUT2D eigenvalue weighted by molar-refractivity contribution is 0.142. The Hall–Kier alpha value is -2.58. The molecule has 0 aliphatic heterocycles. The third-order valence-corrected chi connectivity index (χ3v) is 5.93. The second kappa shape index (κ2) is 9.92. The number of tetrazole rings is 1. The molecule has 0 saturated carbocycles. The molecule has 32 heavy (non-hydrogen) atoms. The predicted octanol–water partition coefficient (Wildman–Crippen LogP) is 3.61. The van der Waals surface area contributed by atoms with E-state index in [1.54, 1.807) is 0 Å². The first-order valence-corrected chi connectivity index (χ1v) is 11.4. The molecule has 3 aromatic rings. The molecular formula is C24H36N6O2. The molecular weight excluding hydrogens is 404 g/mol. The number of rotatable bonds is 9. The fraction of sp³-hybridized carbons (Fsp3) is 0.583. The number of aliphatic hydroxyl groups excluding tert-OH is 1. The highest BCUT2D eigenvalue weighted by Gasteiger charge is 2.30. The smallest absolute Gasteiger partial charge is 0.252 e. The Morgan fingerprint density at radius 3 is 2.59 bits per heavy atom. The number of pyridine rings is 1. The first kappa shape index (κ1) is 24.1. The summed E-state index contributed by atoms with van der Waals surface area (Å²) in [4.78, 5) is 18.3. The maximum Gasteiger partial charge on any atom is 0.252 e. The van der Waals surface area contributed by atoms with Crippen LogP contribution in [-0.4, -0.2) is 48.3 Å². The van der Waals surface area contributed by atoms with Crippen LogP contribution in [0.3, 0.4) is 0 Å². The highest BCUT2D eigenvalue weighted by atomic mass is 16.3. The Bertz CT molecular complexity index is 1110. The first-order chi connectivity index (χ1) is 15.2. The first-order valence-electron chi connectivity index (χ1n) is 11.4. The van der Waals surface area contributed by atoms with Gasteiger partial charge < -0.3 is 10.1 Å². The van der Waals surface area contributed by atoms with Crippen LogP contribution in [0.4, 0.5) is 0 Å². The van der Waals surface area contributed by atoms with Gasteiger partial charge in [0.05, 0.1) is 17.1 Å². The molecule has 0 fully saturated rings. The van der Waals surface area contributed by atoms with Gasteiger partial charge >= 0.3 is 0 Å². The number of aliphatic hydroxyl groups is 1. The van der Waals surface area contributed by atoms with Gasteiger partial charge in [-0.2, -0.15) is 0 Å². The zero-order valence-electron chi connectivity index (χ0n) is 20.1. The number of aromatic nitrogens is 5. The van der Waals surface area contributed by atoms with Crippen LogP contribution in [0.5, 0.6) is 0 Å². The molecule has 0 aliphatic carbocycles. The lowest BCUT2D eigenvalue weighted by Gasteiger charge is -2.32. The summed E-state index contributed by atoms with van der Waals surface area (Å²) >= 11 is 0. The maximum atomic E-state index is 13.0. The summed E-state index contributed by atoms with van der Waals surface area (Å²) in [5.41, 5.74) is 3.45. The van der Waals surface area contributed by atoms with Crippen molar-refractivity contribution in [1.82, 2.24) is 30.1 Å². The van der Waals surface area contributed by atoms with Crippen molar-refractivity contribution in [2.75, 3.05) is 13.2 Å². The molecule has 1 aromatic carbocycles. The van der Waals surface area contributed by atoms with Crippen LogP contribution in [0.2, 0.25) is 0 Å². The van der Waals surface area contributed by atoms with Crippen LogP contribution >= 0.6 is 0 Å². The van der Waals surface area contributed by atoms with E-state index in [1.807, 2.05) is 23.7 Å². The van der Waals surface area contributed by atoms with Gasteiger partial charge in [-0.25, -0.2) is 4.68 Å². The Morgan fingerprint density at radius 1 is 1.22 bits per heavy atom. The van der Waals surface area contributed by atoms with Gasteiger partial charge in [0.2, 0.25) is 0 Å². The SMILES string of the molecule is CCCC(c1nnnn1C(C)(C)C)N(CCCO)Cc1cc2c(C)ccc(C)c2[nH]c1=O. The average Bonchev–Trinajstić information content (AvgIpc) is 3.23. The number of nitrogens with one attached hydrogen (secondary N) is 1. The Kier molecular flexibility index (Phi) is 7.46. The third-order valence-electron chi connectivity index (χ3n) is 5.93. The zero-order valence-corrected chi connectivity index (χ0v) is 20.1. The molecule has 2 N–H and O–H groups in total. The highest BCUT2D eigenvalue weighted by molar-refractivity contribution is 5.85. The Balaban J connectivity index is 2.06. The number of aromatic amines is 1. The van der Waals surface area contributed by atoms with E-state index < -0.39 is 0 Å². The van der Waals surface area contributed by atoms with Crippen LogP contribution in [0.1, 0.15) is 75.5 Å². The molecule has 2 heterocycles. The van der Waals surface area contributed by atoms with Gasteiger partial charge in [-0.1, -0.05) is 25.5 Å². The van der Waals surface area contributed by atoms with Gasteiger partial charge in [0.1, 0.15) is 0 Å². The Labute approximate surface area is 189 Å². The van der Waals surface area contributed by atoms with Crippen molar-refractivity contribution in [3.05, 3.63) is 51.1 Å². The average molecular weight is 441 g/mol. The number of aryl methyl sites for hydroxylation is 2. The van der Waals surface area contributed by atoms with E-state index in [1.165, 1.54) is 0 Å². The molecule has 1 atom stereocenters. The summed E-state index contributed by atoms with van der Waals surface area (Å²) < 4.78 is 1.87. The molecule has 1 unspecified atom stereocenters. The van der Waals surface area contributed by atoms with Crippen molar-refractivity contribution >= 4 is 10.9 Å². The minimum absolute atomic E-state index is 0.0607. The summed E-state index contributed by atoms with van der Waals surface area (Å²) in [6.45, 7) is 13.6. The quantitative estimate of drug-likeness (QED) is 0.527. The number of hydrogen-bond donors (Lipinski definition) is 2. The zero-order chi connectivity index (χ0) is 23.5. The lowest BCUT2D eigenvalue weighted by atomic mass is 10.0. The van der Waals surface area contributed by atoms with Crippen molar-refractivity contribution in [3.63, 3.8) is 0 Å². The summed E-state index contributed by atoms with van der Waals surface area (Å²) in [7, 11) is 0. The molecule has 3 rings (SSSR count). The second-order valence-electron chi connectivity index (χ2n) is 9.58. The van der Waals surface area contributed by atoms with Crippen LogP contribution in [-0.2, 0) is 12.1 Å². The number of hydrogen-bond acceptors (Lipinski definition) is 6. The number of fused-ring (bicyclic) bond motifs is 1. The van der Waals surface area contributed by atoms with Crippen LogP contribution in [0, 0.1) is 13.8 Å². The van der Waals surface area contributed by atoms with E-state index in [4.69, 9.17) is 0 Å². The third kappa shape index (κ3) is 5.07. The highest BCUT2D eigenvalue weighted by Crippen LogP contribution is 2.29. The van der Waals surface area contributed by atoms with Crippen molar-refractivity contribution in [2.45, 2.75) is 78.9 Å². The minimum atomic E-state index is -0.261. The molecule has 8 heteroatoms. The second-order valence-corrected chi connectivity index (χ2v) is 9.58. The van der Waals surface area contributed by atoms with Gasteiger partial charge in [-0.05, 0) is 75.1 Å². The predicted molar refractivity (Wildman–Crippen MR) is 127 cm³/mol. The van der Waals surface area contributed by atoms with Crippen molar-refractivity contribution in [1.29, 1.82) is 0 Å². The number of nitrogens with zero attached hydrogens (tertiary/aromatic N) is 5. The molecule has 174 valence electrons. The van der Waals surface area contributed by atoms with E-state index in [0.717, 1.165) is 40.7 Å². The normalized spacial score (nSPS) is 13.2. The molecule has 0 radical (unpaired) electrons. The van der Waals surface area contributed by atoms with Gasteiger partial charge in [0, 0.05) is 30.6 Å². The van der Waals surface area contributed by atoms with E-state index in [2.05, 4.69) is 66.1 Å². The Morgan fingerprint density at radius 2 is 1.94 bits per heavy atom. The van der Waals surface area contributed by atoms with Crippen LogP contribution < -0.4 is 5.56 Å². The topological polar surface area (TPSA) is 99.9 Å². The summed E-state index contributed by atoms with van der Waals surface area (Å²) in [5, 5.41) is 23.2. The number of H-pyrrole nitrogens is 1. The number of benzene rings is 1. The monoisotopic (exact) mass is 440 g/mol. The molecule has 0 saturated heterocycles. The van der Waals surface area contributed by atoms with E-state index >= 15 is 0 Å². The van der Waals surface area contributed by atoms with E-state index in [0.29, 0.717) is 25.1 Å². The van der Waals surface area contributed by atoms with Crippen molar-refractivity contribution < 1.29 is 5.11 Å². The molecule has 2 aromatic heterocycles. The van der Waals surface area contributed by atoms with Gasteiger partial charge in [0.25, 0.3) is 5.56 Å². The largest absolute Gasteiger partial charge is 0.396 e. The fourth-order valence-corrected chi connectivity index (χ4v) is 4.20. The fourth-order valence-electron chi connectivity index (χ4n) is 4.20. The lowest BCUT2D eigenvalue weighted by Crippen LogP contribution is -2.36. The maximum absolute atomic E-state index is 13.0. The van der Waals surface area contributed by atoms with Crippen molar-refractivity contribution in [2.24, 2.45) is 0 Å². The molecule has 8 nitrogen and oxygen atoms in total. The van der Waals surface area contributed by atoms with Gasteiger partial charge in [-0.15, -0.1) is 5.10 Å². The standard InChI is InChI=1S/C24H36N6O2/c1-7-9-20(22-26-27-28-30(22)24(4,5)6)29(12-8-13-31)15-18-14-19-16(2)10-11-17(3)21(19)25-23(18)32/h10-11,14,20,31H,7-9,12-13,15H2,1-6H3,(H,25,32). The van der Waals surface area contributed by atoms with Crippen molar-refractivity contribution in [3.8, 4) is 0 Å².